The van der Waals surface area contributed by atoms with Crippen molar-refractivity contribution in [2.45, 2.75) is 12.8 Å². The number of carbonyl (C=O) groups is 2. The Labute approximate surface area is 106 Å². The Hall–Kier alpha value is -2.04. The predicted octanol–water partition coefficient (Wildman–Crippen LogP) is 0.917. The summed E-state index contributed by atoms with van der Waals surface area (Å²) in [4.78, 5) is 22.5. The molecule has 1 rings (SSSR count). The van der Waals surface area contributed by atoms with Gasteiger partial charge in [0.25, 0.3) is 0 Å². The van der Waals surface area contributed by atoms with Crippen LogP contribution in [0.2, 0.25) is 0 Å². The summed E-state index contributed by atoms with van der Waals surface area (Å²) >= 11 is 0. The van der Waals surface area contributed by atoms with Gasteiger partial charge in [-0.15, -0.1) is 0 Å². The van der Waals surface area contributed by atoms with Crippen molar-refractivity contribution < 1.29 is 19.1 Å². The van der Waals surface area contributed by atoms with Gasteiger partial charge in [0.05, 0.1) is 27.1 Å². The van der Waals surface area contributed by atoms with Gasteiger partial charge in [0, 0.05) is 12.1 Å². The van der Waals surface area contributed by atoms with Crippen LogP contribution in [0.1, 0.15) is 12.0 Å². The molecule has 0 aliphatic heterocycles. The molecule has 0 fully saturated rings. The van der Waals surface area contributed by atoms with E-state index in [1.165, 1.54) is 7.11 Å². The minimum atomic E-state index is -0.340. The fourth-order valence-corrected chi connectivity index (χ4v) is 1.49. The highest BCUT2D eigenvalue weighted by Crippen LogP contribution is 2.17. The predicted molar refractivity (Wildman–Crippen MR) is 66.3 cm³/mol. The molecule has 0 spiro atoms. The molecule has 0 aliphatic carbocycles. The molecule has 0 saturated carbocycles. The summed E-state index contributed by atoms with van der Waals surface area (Å²) in [6, 6.07) is 7.33. The van der Waals surface area contributed by atoms with E-state index in [0.29, 0.717) is 5.75 Å². The van der Waals surface area contributed by atoms with Gasteiger partial charge >= 0.3 is 5.97 Å². The third-order valence-corrected chi connectivity index (χ3v) is 2.42. The van der Waals surface area contributed by atoms with E-state index in [2.05, 4.69) is 10.1 Å². The Balaban J connectivity index is 2.42. The number of hydrogen-bond acceptors (Lipinski definition) is 4. The van der Waals surface area contributed by atoms with Gasteiger partial charge in [-0.05, 0) is 6.07 Å². The molecule has 5 heteroatoms. The third kappa shape index (κ3) is 4.45. The van der Waals surface area contributed by atoms with Crippen molar-refractivity contribution in [3.8, 4) is 5.75 Å². The van der Waals surface area contributed by atoms with Crippen molar-refractivity contribution in [3.63, 3.8) is 0 Å². The van der Waals surface area contributed by atoms with Gasteiger partial charge in [0.1, 0.15) is 5.75 Å². The molecule has 0 bridgehead atoms. The van der Waals surface area contributed by atoms with E-state index in [9.17, 15) is 9.59 Å². The van der Waals surface area contributed by atoms with Gasteiger partial charge in [-0.1, -0.05) is 18.2 Å². The molecule has 0 atom stereocenters. The topological polar surface area (TPSA) is 64.6 Å². The van der Waals surface area contributed by atoms with Crippen molar-refractivity contribution in [3.05, 3.63) is 29.8 Å². The van der Waals surface area contributed by atoms with Crippen LogP contribution in [0, 0.1) is 0 Å². The average molecular weight is 251 g/mol. The molecule has 18 heavy (non-hydrogen) atoms. The van der Waals surface area contributed by atoms with E-state index in [1.54, 1.807) is 13.2 Å². The summed E-state index contributed by atoms with van der Waals surface area (Å²) < 4.78 is 9.63. The highest BCUT2D eigenvalue weighted by molar-refractivity contribution is 5.80. The van der Waals surface area contributed by atoms with E-state index in [0.717, 1.165) is 5.56 Å². The number of rotatable bonds is 6. The first-order chi connectivity index (χ1) is 8.67. The zero-order valence-corrected chi connectivity index (χ0v) is 10.6. The van der Waals surface area contributed by atoms with E-state index < -0.39 is 0 Å². The Morgan fingerprint density at radius 3 is 2.61 bits per heavy atom. The van der Waals surface area contributed by atoms with Crippen LogP contribution in [-0.4, -0.2) is 32.6 Å². The number of methoxy groups -OCH3 is 2. The van der Waals surface area contributed by atoms with Crippen LogP contribution in [0.5, 0.6) is 5.75 Å². The molecular weight excluding hydrogens is 234 g/mol. The van der Waals surface area contributed by atoms with Crippen LogP contribution in [0.3, 0.4) is 0 Å². The molecule has 0 radical (unpaired) electrons. The van der Waals surface area contributed by atoms with E-state index >= 15 is 0 Å². The molecule has 1 aromatic rings. The van der Waals surface area contributed by atoms with Crippen LogP contribution >= 0.6 is 0 Å². The quantitative estimate of drug-likeness (QED) is 0.763. The van der Waals surface area contributed by atoms with Gasteiger partial charge in [-0.3, -0.25) is 9.59 Å². The Kier molecular flexibility index (Phi) is 5.70. The van der Waals surface area contributed by atoms with Gasteiger partial charge in [-0.25, -0.2) is 0 Å². The molecular formula is C13H17NO4. The maximum absolute atomic E-state index is 11.6. The Morgan fingerprint density at radius 1 is 1.22 bits per heavy atom. The van der Waals surface area contributed by atoms with Gasteiger partial charge in [0.15, 0.2) is 0 Å². The monoisotopic (exact) mass is 251 g/mol. The Morgan fingerprint density at radius 2 is 1.94 bits per heavy atom. The van der Waals surface area contributed by atoms with Crippen molar-refractivity contribution >= 4 is 11.9 Å². The number of ether oxygens (including phenoxy) is 2. The maximum Gasteiger partial charge on any atom is 0.307 e. The van der Waals surface area contributed by atoms with Crippen molar-refractivity contribution in [1.82, 2.24) is 5.32 Å². The molecule has 98 valence electrons. The van der Waals surface area contributed by atoms with Crippen LogP contribution in [0.25, 0.3) is 0 Å². The van der Waals surface area contributed by atoms with Crippen molar-refractivity contribution in [1.29, 1.82) is 0 Å². The summed E-state index contributed by atoms with van der Waals surface area (Å²) in [5.74, 6) is 0.191. The molecule has 5 nitrogen and oxygen atoms in total. The highest BCUT2D eigenvalue weighted by Gasteiger charge is 2.08. The summed E-state index contributed by atoms with van der Waals surface area (Å²) in [6.07, 6.45) is 0.402. The van der Waals surface area contributed by atoms with Crippen LogP contribution < -0.4 is 10.1 Å². The number of benzene rings is 1. The minimum absolute atomic E-state index is 0.150. The summed E-state index contributed by atoms with van der Waals surface area (Å²) in [5.41, 5.74) is 0.815. The molecule has 0 aromatic heterocycles. The maximum atomic E-state index is 11.6. The number of para-hydroxylation sites is 1. The lowest BCUT2D eigenvalue weighted by Gasteiger charge is -2.08. The lowest BCUT2D eigenvalue weighted by atomic mass is 10.1. The summed E-state index contributed by atoms with van der Waals surface area (Å²) in [6.45, 7) is 0.278. The summed E-state index contributed by atoms with van der Waals surface area (Å²) in [5, 5.41) is 2.65. The molecule has 1 N–H and O–H groups in total. The second kappa shape index (κ2) is 7.32. The number of amides is 1. The van der Waals surface area contributed by atoms with Crippen molar-refractivity contribution in [2.75, 3.05) is 20.8 Å². The fourth-order valence-electron chi connectivity index (χ4n) is 1.49. The molecule has 0 heterocycles. The minimum Gasteiger partial charge on any atom is -0.496 e. The first-order valence-corrected chi connectivity index (χ1v) is 5.62. The lowest BCUT2D eigenvalue weighted by molar-refractivity contribution is -0.140. The second-order valence-electron chi connectivity index (χ2n) is 3.66. The smallest absolute Gasteiger partial charge is 0.307 e. The third-order valence-electron chi connectivity index (χ3n) is 2.42. The van der Waals surface area contributed by atoms with Crippen LogP contribution in [0.4, 0.5) is 0 Å². The van der Waals surface area contributed by atoms with Crippen molar-refractivity contribution in [2.24, 2.45) is 0 Å². The zero-order valence-electron chi connectivity index (χ0n) is 10.6. The normalized spacial score (nSPS) is 9.67. The largest absolute Gasteiger partial charge is 0.496 e. The molecule has 1 amide bonds. The summed E-state index contributed by atoms with van der Waals surface area (Å²) in [7, 11) is 2.88. The molecule has 0 unspecified atom stereocenters. The zero-order chi connectivity index (χ0) is 13.4. The fraction of sp³-hybridized carbons (Fsp3) is 0.385. The second-order valence-corrected chi connectivity index (χ2v) is 3.66. The molecule has 0 saturated heterocycles. The van der Waals surface area contributed by atoms with Crippen LogP contribution in [0.15, 0.2) is 24.3 Å². The standard InChI is InChI=1S/C13H17NO4/c1-17-11-6-4-3-5-10(11)9-12(15)14-8-7-13(16)18-2/h3-6H,7-9H2,1-2H3,(H,14,15). The first kappa shape index (κ1) is 14.0. The number of nitrogens with one attached hydrogen (secondary N) is 1. The lowest BCUT2D eigenvalue weighted by Crippen LogP contribution is -2.27. The van der Waals surface area contributed by atoms with Gasteiger partial charge in [-0.2, -0.15) is 0 Å². The number of carbonyl (C=O) groups excluding carboxylic acids is 2. The molecule has 1 aromatic carbocycles. The highest BCUT2D eigenvalue weighted by atomic mass is 16.5. The van der Waals surface area contributed by atoms with E-state index in [-0.39, 0.29) is 31.3 Å². The molecule has 0 aliphatic rings. The SMILES string of the molecule is COC(=O)CCNC(=O)Cc1ccccc1OC. The first-order valence-electron chi connectivity index (χ1n) is 5.62. The van der Waals surface area contributed by atoms with Gasteiger partial charge < -0.3 is 14.8 Å². The van der Waals surface area contributed by atoms with Crippen LogP contribution in [-0.2, 0) is 20.7 Å². The van der Waals surface area contributed by atoms with E-state index in [4.69, 9.17) is 4.74 Å². The van der Waals surface area contributed by atoms with E-state index in [1.807, 2.05) is 18.2 Å². The number of esters is 1. The Bertz CT molecular complexity index is 417. The van der Waals surface area contributed by atoms with Gasteiger partial charge in [0.2, 0.25) is 5.91 Å². The average Bonchev–Trinajstić information content (AvgIpc) is 2.39. The number of hydrogen-bond donors (Lipinski definition) is 1.